The van der Waals surface area contributed by atoms with Crippen LogP contribution >= 0.6 is 0 Å². The Morgan fingerprint density at radius 2 is 2.19 bits per heavy atom. The van der Waals surface area contributed by atoms with E-state index in [2.05, 4.69) is 16.2 Å². The molecule has 0 unspecified atom stereocenters. The van der Waals surface area contributed by atoms with Crippen molar-refractivity contribution in [3.8, 4) is 18.2 Å². The summed E-state index contributed by atoms with van der Waals surface area (Å²) in [5, 5.41) is 2.65. The van der Waals surface area contributed by atoms with Gasteiger partial charge in [0.05, 0.1) is 0 Å². The highest BCUT2D eigenvalue weighted by molar-refractivity contribution is 5.70. The zero-order valence-corrected chi connectivity index (χ0v) is 9.57. The lowest BCUT2D eigenvalue weighted by Crippen LogP contribution is -2.42. The predicted octanol–water partition coefficient (Wildman–Crippen LogP) is 1.95. The molecule has 1 rings (SSSR count). The van der Waals surface area contributed by atoms with Gasteiger partial charge in [0, 0.05) is 23.4 Å². The van der Waals surface area contributed by atoms with Crippen molar-refractivity contribution in [2.45, 2.75) is 26.3 Å². The first-order chi connectivity index (χ1) is 7.40. The van der Waals surface area contributed by atoms with Crippen molar-refractivity contribution >= 4 is 6.09 Å². The van der Waals surface area contributed by atoms with Crippen LogP contribution in [0.4, 0.5) is 4.79 Å². The van der Waals surface area contributed by atoms with Gasteiger partial charge in [-0.05, 0) is 26.8 Å². The van der Waals surface area contributed by atoms with E-state index in [1.54, 1.807) is 12.1 Å². The van der Waals surface area contributed by atoms with Crippen LogP contribution < -0.4 is 10.1 Å². The minimum Gasteiger partial charge on any atom is -0.391 e. The van der Waals surface area contributed by atoms with Crippen molar-refractivity contribution in [2.24, 2.45) is 0 Å². The summed E-state index contributed by atoms with van der Waals surface area (Å²) < 4.78 is 4.96. The first-order valence-electron chi connectivity index (χ1n) is 4.83. The SMILES string of the molecule is C#Cc1ccc(OC(=O)NC(C)(C)C)nc1. The second kappa shape index (κ2) is 4.67. The number of ether oxygens (including phenoxy) is 1. The Labute approximate surface area is 95.0 Å². The largest absolute Gasteiger partial charge is 0.414 e. The Morgan fingerprint density at radius 3 is 2.62 bits per heavy atom. The third-order valence-electron chi connectivity index (χ3n) is 1.58. The van der Waals surface area contributed by atoms with E-state index in [0.29, 0.717) is 5.56 Å². The molecule has 1 amide bonds. The minimum atomic E-state index is -0.534. The molecule has 0 saturated carbocycles. The summed E-state index contributed by atoms with van der Waals surface area (Å²) in [5.41, 5.74) is 0.305. The number of carbonyl (C=O) groups is 1. The smallest absolute Gasteiger partial charge is 0.391 e. The van der Waals surface area contributed by atoms with Gasteiger partial charge in [-0.2, -0.15) is 0 Å². The van der Waals surface area contributed by atoms with Crippen LogP contribution in [0.1, 0.15) is 26.3 Å². The topological polar surface area (TPSA) is 51.2 Å². The number of pyridine rings is 1. The van der Waals surface area contributed by atoms with E-state index in [0.717, 1.165) is 0 Å². The highest BCUT2D eigenvalue weighted by atomic mass is 16.6. The fourth-order valence-electron chi connectivity index (χ4n) is 0.953. The van der Waals surface area contributed by atoms with Gasteiger partial charge >= 0.3 is 6.09 Å². The van der Waals surface area contributed by atoms with Crippen LogP contribution in [-0.2, 0) is 0 Å². The standard InChI is InChI=1S/C12H14N2O2/c1-5-9-6-7-10(13-8-9)16-11(15)14-12(2,3)4/h1,6-8H,2-4H3,(H,14,15). The fourth-order valence-corrected chi connectivity index (χ4v) is 0.953. The molecule has 1 aromatic heterocycles. The molecular weight excluding hydrogens is 204 g/mol. The number of hydrogen-bond acceptors (Lipinski definition) is 3. The van der Waals surface area contributed by atoms with Gasteiger partial charge in [0.15, 0.2) is 0 Å². The molecule has 0 aliphatic rings. The molecular formula is C12H14N2O2. The van der Waals surface area contributed by atoms with Crippen LogP contribution in [0.15, 0.2) is 18.3 Å². The zero-order valence-electron chi connectivity index (χ0n) is 9.57. The third-order valence-corrected chi connectivity index (χ3v) is 1.58. The van der Waals surface area contributed by atoms with E-state index in [9.17, 15) is 4.79 Å². The lowest BCUT2D eigenvalue weighted by molar-refractivity contribution is 0.189. The first kappa shape index (κ1) is 12.1. The van der Waals surface area contributed by atoms with Crippen molar-refractivity contribution in [3.05, 3.63) is 23.9 Å². The molecule has 0 spiro atoms. The maximum absolute atomic E-state index is 11.4. The van der Waals surface area contributed by atoms with Crippen molar-refractivity contribution in [3.63, 3.8) is 0 Å². The molecule has 16 heavy (non-hydrogen) atoms. The number of nitrogens with one attached hydrogen (secondary N) is 1. The minimum absolute atomic E-state index is 0.223. The van der Waals surface area contributed by atoms with E-state index in [-0.39, 0.29) is 11.4 Å². The summed E-state index contributed by atoms with van der Waals surface area (Å²) in [6.07, 6.45) is 6.11. The van der Waals surface area contributed by atoms with Crippen LogP contribution in [0.25, 0.3) is 0 Å². The van der Waals surface area contributed by atoms with Gasteiger partial charge in [0.25, 0.3) is 0 Å². The first-order valence-corrected chi connectivity index (χ1v) is 4.83. The molecule has 0 bridgehead atoms. The van der Waals surface area contributed by atoms with Gasteiger partial charge < -0.3 is 10.1 Å². The van der Waals surface area contributed by atoms with E-state index < -0.39 is 6.09 Å². The second-order valence-corrected chi connectivity index (χ2v) is 4.29. The van der Waals surface area contributed by atoms with Gasteiger partial charge in [-0.3, -0.25) is 0 Å². The Kier molecular flexibility index (Phi) is 3.51. The molecule has 0 radical (unpaired) electrons. The van der Waals surface area contributed by atoms with Crippen molar-refractivity contribution in [1.82, 2.24) is 10.3 Å². The Bertz CT molecular complexity index is 410. The molecule has 84 valence electrons. The van der Waals surface area contributed by atoms with Crippen molar-refractivity contribution in [1.29, 1.82) is 0 Å². The van der Waals surface area contributed by atoms with Gasteiger partial charge in [0.1, 0.15) is 0 Å². The number of terminal acetylenes is 1. The molecule has 0 aliphatic carbocycles. The summed E-state index contributed by atoms with van der Waals surface area (Å²) in [5.74, 6) is 2.65. The van der Waals surface area contributed by atoms with Gasteiger partial charge in [-0.1, -0.05) is 5.92 Å². The predicted molar refractivity (Wildman–Crippen MR) is 61.1 cm³/mol. The van der Waals surface area contributed by atoms with Crippen molar-refractivity contribution in [2.75, 3.05) is 0 Å². The monoisotopic (exact) mass is 218 g/mol. The molecule has 1 heterocycles. The molecule has 4 nitrogen and oxygen atoms in total. The highest BCUT2D eigenvalue weighted by Gasteiger charge is 2.15. The van der Waals surface area contributed by atoms with Gasteiger partial charge in [0.2, 0.25) is 5.88 Å². The number of rotatable bonds is 1. The van der Waals surface area contributed by atoms with Gasteiger partial charge in [-0.25, -0.2) is 9.78 Å². The van der Waals surface area contributed by atoms with Crippen LogP contribution in [0.3, 0.4) is 0 Å². The Hall–Kier alpha value is -2.02. The second-order valence-electron chi connectivity index (χ2n) is 4.29. The molecule has 0 saturated heterocycles. The van der Waals surface area contributed by atoms with Crippen LogP contribution in [0, 0.1) is 12.3 Å². The third kappa shape index (κ3) is 4.01. The number of carbonyl (C=O) groups excluding carboxylic acids is 1. The summed E-state index contributed by atoms with van der Waals surface area (Å²) in [6.45, 7) is 5.59. The average Bonchev–Trinajstić information content (AvgIpc) is 2.16. The summed E-state index contributed by atoms with van der Waals surface area (Å²) in [7, 11) is 0. The number of aromatic nitrogens is 1. The van der Waals surface area contributed by atoms with Gasteiger partial charge in [-0.15, -0.1) is 6.42 Å². The van der Waals surface area contributed by atoms with E-state index in [4.69, 9.17) is 11.2 Å². The molecule has 0 atom stereocenters. The summed E-state index contributed by atoms with van der Waals surface area (Å²) in [4.78, 5) is 15.3. The van der Waals surface area contributed by atoms with Crippen LogP contribution in [-0.4, -0.2) is 16.6 Å². The zero-order chi connectivity index (χ0) is 12.2. The van der Waals surface area contributed by atoms with Crippen molar-refractivity contribution < 1.29 is 9.53 Å². The molecule has 1 aromatic rings. The lowest BCUT2D eigenvalue weighted by Gasteiger charge is -2.19. The maximum Gasteiger partial charge on any atom is 0.414 e. The maximum atomic E-state index is 11.4. The number of hydrogen-bond donors (Lipinski definition) is 1. The highest BCUT2D eigenvalue weighted by Crippen LogP contribution is 2.08. The van der Waals surface area contributed by atoms with Crippen LogP contribution in [0.5, 0.6) is 5.88 Å². The Balaban J connectivity index is 2.61. The fraction of sp³-hybridized carbons (Fsp3) is 0.333. The molecule has 0 aromatic carbocycles. The Morgan fingerprint density at radius 1 is 1.50 bits per heavy atom. The van der Waals surface area contributed by atoms with Crippen LogP contribution in [0.2, 0.25) is 0 Å². The molecule has 0 fully saturated rings. The molecule has 0 aliphatic heterocycles. The average molecular weight is 218 g/mol. The quantitative estimate of drug-likeness (QED) is 0.733. The molecule has 1 N–H and O–H groups in total. The normalized spacial score (nSPS) is 10.4. The van der Waals surface area contributed by atoms with E-state index >= 15 is 0 Å². The lowest BCUT2D eigenvalue weighted by atomic mass is 10.1. The summed E-state index contributed by atoms with van der Waals surface area (Å²) >= 11 is 0. The number of amides is 1. The number of nitrogens with zero attached hydrogens (tertiary/aromatic N) is 1. The van der Waals surface area contributed by atoms with E-state index in [1.165, 1.54) is 6.20 Å². The summed E-state index contributed by atoms with van der Waals surface area (Å²) in [6, 6.07) is 3.21. The molecule has 4 heteroatoms. The van der Waals surface area contributed by atoms with E-state index in [1.807, 2.05) is 20.8 Å².